The van der Waals surface area contributed by atoms with Crippen molar-refractivity contribution in [3.63, 3.8) is 0 Å². The Balaban J connectivity index is 2.24. The lowest BCUT2D eigenvalue weighted by atomic mass is 10.1. The summed E-state index contributed by atoms with van der Waals surface area (Å²) >= 11 is 0. The van der Waals surface area contributed by atoms with Gasteiger partial charge >= 0.3 is 0 Å². The van der Waals surface area contributed by atoms with Crippen LogP contribution in [-0.2, 0) is 0 Å². The highest BCUT2D eigenvalue weighted by molar-refractivity contribution is 5.56. The number of nitrogens with zero attached hydrogens (tertiary/aromatic N) is 1. The second-order valence-electron chi connectivity index (χ2n) is 5.30. The first-order chi connectivity index (χ1) is 9.65. The number of anilines is 1. The van der Waals surface area contributed by atoms with Crippen molar-refractivity contribution in [2.75, 3.05) is 11.9 Å². The average molecular weight is 278 g/mol. The van der Waals surface area contributed by atoms with E-state index >= 15 is 0 Å². The number of benzene rings is 1. The van der Waals surface area contributed by atoms with Gasteiger partial charge in [-0.15, -0.1) is 0 Å². The number of nitro groups is 1. The van der Waals surface area contributed by atoms with Crippen LogP contribution in [0.4, 0.5) is 11.4 Å². The van der Waals surface area contributed by atoms with Gasteiger partial charge < -0.3 is 5.32 Å². The third-order valence-corrected chi connectivity index (χ3v) is 3.53. The Morgan fingerprint density at radius 3 is 2.40 bits per heavy atom. The number of non-ortho nitro benzene ring substituents is 1. The summed E-state index contributed by atoms with van der Waals surface area (Å²) in [5, 5.41) is 14.0. The zero-order chi connectivity index (χ0) is 14.8. The summed E-state index contributed by atoms with van der Waals surface area (Å²) in [5.41, 5.74) is 2.08. The van der Waals surface area contributed by atoms with E-state index in [1.54, 1.807) is 18.2 Å². The number of hydrogen-bond acceptors (Lipinski definition) is 3. The van der Waals surface area contributed by atoms with Gasteiger partial charge in [0, 0.05) is 24.4 Å². The molecule has 0 saturated heterocycles. The standard InChI is InChI=1S/C16H26N2O2/c1-3-4-5-6-7-8-9-12-17-16-13-15(18(19)20)11-10-14(16)2/h10-11,13,17H,3-9,12H2,1-2H3. The van der Waals surface area contributed by atoms with Gasteiger partial charge in [0.25, 0.3) is 5.69 Å². The van der Waals surface area contributed by atoms with Gasteiger partial charge in [-0.05, 0) is 18.9 Å². The van der Waals surface area contributed by atoms with E-state index in [1.165, 1.54) is 38.5 Å². The Bertz CT molecular complexity index is 419. The molecule has 1 N–H and O–H groups in total. The second kappa shape index (κ2) is 9.34. The summed E-state index contributed by atoms with van der Waals surface area (Å²) in [7, 11) is 0. The fourth-order valence-corrected chi connectivity index (χ4v) is 2.22. The van der Waals surface area contributed by atoms with Crippen LogP contribution in [0.25, 0.3) is 0 Å². The molecule has 0 aromatic heterocycles. The SMILES string of the molecule is CCCCCCCCCNc1cc([N+](=O)[O-])ccc1C. The molecule has 20 heavy (non-hydrogen) atoms. The summed E-state index contributed by atoms with van der Waals surface area (Å²) < 4.78 is 0. The van der Waals surface area contributed by atoms with Gasteiger partial charge in [-0.25, -0.2) is 0 Å². The molecule has 0 heterocycles. The number of nitro benzene ring substituents is 1. The predicted octanol–water partition coefficient (Wildman–Crippen LogP) is 5.07. The Morgan fingerprint density at radius 1 is 1.10 bits per heavy atom. The Morgan fingerprint density at radius 2 is 1.75 bits per heavy atom. The summed E-state index contributed by atoms with van der Waals surface area (Å²) in [6, 6.07) is 4.97. The Hall–Kier alpha value is -1.58. The topological polar surface area (TPSA) is 55.2 Å². The lowest BCUT2D eigenvalue weighted by Gasteiger charge is -2.09. The number of unbranched alkanes of at least 4 members (excludes halogenated alkanes) is 6. The van der Waals surface area contributed by atoms with E-state index in [-0.39, 0.29) is 10.6 Å². The maximum Gasteiger partial charge on any atom is 0.271 e. The van der Waals surface area contributed by atoms with Crippen LogP contribution in [0.3, 0.4) is 0 Å². The van der Waals surface area contributed by atoms with E-state index in [9.17, 15) is 10.1 Å². The lowest BCUT2D eigenvalue weighted by Crippen LogP contribution is -2.03. The van der Waals surface area contributed by atoms with E-state index in [0.29, 0.717) is 0 Å². The summed E-state index contributed by atoms with van der Waals surface area (Å²) in [6.07, 6.45) is 8.92. The first kappa shape index (κ1) is 16.5. The van der Waals surface area contributed by atoms with E-state index in [2.05, 4.69) is 12.2 Å². The normalized spacial score (nSPS) is 10.5. The summed E-state index contributed by atoms with van der Waals surface area (Å²) in [6.45, 7) is 5.08. The molecule has 0 aliphatic heterocycles. The molecule has 0 unspecified atom stereocenters. The highest BCUT2D eigenvalue weighted by atomic mass is 16.6. The molecule has 112 valence electrons. The van der Waals surface area contributed by atoms with Crippen molar-refractivity contribution in [1.29, 1.82) is 0 Å². The van der Waals surface area contributed by atoms with Crippen molar-refractivity contribution in [1.82, 2.24) is 0 Å². The van der Waals surface area contributed by atoms with Crippen LogP contribution in [0.2, 0.25) is 0 Å². The minimum Gasteiger partial charge on any atom is -0.385 e. The Kier molecular flexibility index (Phi) is 7.70. The van der Waals surface area contributed by atoms with E-state index in [4.69, 9.17) is 0 Å². The van der Waals surface area contributed by atoms with Crippen LogP contribution < -0.4 is 5.32 Å². The molecule has 4 nitrogen and oxygen atoms in total. The van der Waals surface area contributed by atoms with Crippen LogP contribution in [0.15, 0.2) is 18.2 Å². The molecule has 0 atom stereocenters. The first-order valence-electron chi connectivity index (χ1n) is 7.64. The molecule has 1 aromatic carbocycles. The molecule has 0 aliphatic carbocycles. The molecule has 0 amide bonds. The van der Waals surface area contributed by atoms with E-state index in [1.807, 2.05) is 6.92 Å². The first-order valence-corrected chi connectivity index (χ1v) is 7.64. The van der Waals surface area contributed by atoms with Crippen molar-refractivity contribution in [3.8, 4) is 0 Å². The lowest BCUT2D eigenvalue weighted by molar-refractivity contribution is -0.384. The Labute approximate surface area is 121 Å². The van der Waals surface area contributed by atoms with Crippen molar-refractivity contribution < 1.29 is 4.92 Å². The van der Waals surface area contributed by atoms with Gasteiger partial charge in [0.15, 0.2) is 0 Å². The second-order valence-corrected chi connectivity index (χ2v) is 5.30. The number of rotatable bonds is 10. The molecule has 0 bridgehead atoms. The highest BCUT2D eigenvalue weighted by Gasteiger charge is 2.07. The third-order valence-electron chi connectivity index (χ3n) is 3.53. The zero-order valence-corrected chi connectivity index (χ0v) is 12.7. The molecule has 4 heteroatoms. The quantitative estimate of drug-likeness (QED) is 0.369. The van der Waals surface area contributed by atoms with Crippen molar-refractivity contribution in [3.05, 3.63) is 33.9 Å². The predicted molar refractivity (Wildman–Crippen MR) is 84.3 cm³/mol. The molecule has 0 fully saturated rings. The van der Waals surface area contributed by atoms with Crippen molar-refractivity contribution >= 4 is 11.4 Å². The van der Waals surface area contributed by atoms with Gasteiger partial charge in [-0.3, -0.25) is 10.1 Å². The van der Waals surface area contributed by atoms with Crippen molar-refractivity contribution in [2.24, 2.45) is 0 Å². The fourth-order valence-electron chi connectivity index (χ4n) is 2.22. The minimum atomic E-state index is -0.349. The molecule has 0 spiro atoms. The third kappa shape index (κ3) is 6.04. The molecule has 0 aliphatic rings. The molecule has 1 aromatic rings. The monoisotopic (exact) mass is 278 g/mol. The maximum atomic E-state index is 10.7. The van der Waals surface area contributed by atoms with Gasteiger partial charge in [-0.1, -0.05) is 51.5 Å². The van der Waals surface area contributed by atoms with Crippen LogP contribution in [0.1, 0.15) is 57.4 Å². The zero-order valence-electron chi connectivity index (χ0n) is 12.7. The highest BCUT2D eigenvalue weighted by Crippen LogP contribution is 2.21. The van der Waals surface area contributed by atoms with Gasteiger partial charge in [0.1, 0.15) is 0 Å². The molecule has 0 saturated carbocycles. The number of hydrogen-bond donors (Lipinski definition) is 1. The molecule has 1 rings (SSSR count). The van der Waals surface area contributed by atoms with Gasteiger partial charge in [-0.2, -0.15) is 0 Å². The summed E-state index contributed by atoms with van der Waals surface area (Å²) in [4.78, 5) is 10.4. The molecular weight excluding hydrogens is 252 g/mol. The van der Waals surface area contributed by atoms with Gasteiger partial charge in [0.2, 0.25) is 0 Å². The largest absolute Gasteiger partial charge is 0.385 e. The van der Waals surface area contributed by atoms with Crippen LogP contribution in [-0.4, -0.2) is 11.5 Å². The fraction of sp³-hybridized carbons (Fsp3) is 0.625. The van der Waals surface area contributed by atoms with E-state index < -0.39 is 0 Å². The smallest absolute Gasteiger partial charge is 0.271 e. The number of nitrogens with one attached hydrogen (secondary N) is 1. The molecular formula is C16H26N2O2. The minimum absolute atomic E-state index is 0.151. The average Bonchev–Trinajstić information content (AvgIpc) is 2.43. The number of aryl methyl sites for hydroxylation is 1. The van der Waals surface area contributed by atoms with Gasteiger partial charge in [0.05, 0.1) is 4.92 Å². The maximum absolute atomic E-state index is 10.7. The molecule has 0 radical (unpaired) electrons. The van der Waals surface area contributed by atoms with Crippen molar-refractivity contribution in [2.45, 2.75) is 58.8 Å². The van der Waals surface area contributed by atoms with Crippen LogP contribution >= 0.6 is 0 Å². The van der Waals surface area contributed by atoms with Crippen LogP contribution in [0, 0.1) is 17.0 Å². The van der Waals surface area contributed by atoms with Crippen LogP contribution in [0.5, 0.6) is 0 Å². The van der Waals surface area contributed by atoms with E-state index in [0.717, 1.165) is 24.2 Å². The summed E-state index contributed by atoms with van der Waals surface area (Å²) in [5.74, 6) is 0.